The summed E-state index contributed by atoms with van der Waals surface area (Å²) in [5.41, 5.74) is 9.20. The van der Waals surface area contributed by atoms with Gasteiger partial charge < -0.3 is 10.8 Å². The van der Waals surface area contributed by atoms with Gasteiger partial charge >= 0.3 is 0 Å². The average Bonchev–Trinajstić information content (AvgIpc) is 2.74. The van der Waals surface area contributed by atoms with Gasteiger partial charge in [0.15, 0.2) is 5.82 Å². The van der Waals surface area contributed by atoms with Gasteiger partial charge in [-0.15, -0.1) is 0 Å². The van der Waals surface area contributed by atoms with Crippen LogP contribution in [0.25, 0.3) is 22.0 Å². The van der Waals surface area contributed by atoms with Crippen molar-refractivity contribution in [2.24, 2.45) is 0 Å². The molecule has 3 rings (SSSR count). The van der Waals surface area contributed by atoms with Crippen molar-refractivity contribution in [1.29, 1.82) is 0 Å². The zero-order valence-electron chi connectivity index (χ0n) is 9.94. The van der Waals surface area contributed by atoms with E-state index in [-0.39, 0.29) is 0 Å². The van der Waals surface area contributed by atoms with E-state index < -0.39 is 0 Å². The fraction of sp³-hybridized carbons (Fsp3) is 0.0714. The van der Waals surface area contributed by atoms with Gasteiger partial charge in [-0.25, -0.2) is 0 Å². The van der Waals surface area contributed by atoms with Crippen LogP contribution in [0.2, 0.25) is 0 Å². The normalized spacial score (nSPS) is 10.9. The molecule has 0 aliphatic heterocycles. The number of nitrogens with two attached hydrogens (primary N) is 1. The van der Waals surface area contributed by atoms with Crippen LogP contribution >= 0.6 is 0 Å². The number of hydrogen-bond acceptors (Lipinski definition) is 3. The first-order valence-electron chi connectivity index (χ1n) is 5.69. The van der Waals surface area contributed by atoms with E-state index in [0.717, 1.165) is 27.6 Å². The molecule has 90 valence electrons. The summed E-state index contributed by atoms with van der Waals surface area (Å²) >= 11 is 0. The molecule has 0 bridgehead atoms. The zero-order chi connectivity index (χ0) is 12.7. The SMILES string of the molecule is Cc1cccc(-c2ccc3c(N)n[nH]c3c2)c1O. The highest BCUT2D eigenvalue weighted by Crippen LogP contribution is 2.33. The molecule has 1 aromatic heterocycles. The molecule has 4 heteroatoms. The maximum Gasteiger partial charge on any atom is 0.153 e. The van der Waals surface area contributed by atoms with Gasteiger partial charge in [0, 0.05) is 10.9 Å². The van der Waals surface area contributed by atoms with Gasteiger partial charge in [0.1, 0.15) is 5.75 Å². The number of rotatable bonds is 1. The lowest BCUT2D eigenvalue weighted by Crippen LogP contribution is -1.84. The lowest BCUT2D eigenvalue weighted by Gasteiger charge is -2.07. The second-order valence-corrected chi connectivity index (χ2v) is 4.34. The number of phenols is 1. The van der Waals surface area contributed by atoms with Crippen molar-refractivity contribution in [2.75, 3.05) is 5.73 Å². The third-order valence-electron chi connectivity index (χ3n) is 3.14. The smallest absolute Gasteiger partial charge is 0.153 e. The lowest BCUT2D eigenvalue weighted by atomic mass is 10.0. The molecule has 18 heavy (non-hydrogen) atoms. The maximum atomic E-state index is 10.1. The Morgan fingerprint density at radius 2 is 2.06 bits per heavy atom. The van der Waals surface area contributed by atoms with E-state index in [1.54, 1.807) is 0 Å². The summed E-state index contributed by atoms with van der Waals surface area (Å²) in [7, 11) is 0. The predicted molar refractivity (Wildman–Crippen MR) is 72.3 cm³/mol. The number of aryl methyl sites for hydroxylation is 1. The number of benzene rings is 2. The molecule has 0 spiro atoms. The summed E-state index contributed by atoms with van der Waals surface area (Å²) in [6.45, 7) is 1.88. The Labute approximate surface area is 104 Å². The molecule has 1 heterocycles. The number of para-hydroxylation sites is 1. The molecule has 2 aromatic carbocycles. The maximum absolute atomic E-state index is 10.1. The van der Waals surface area contributed by atoms with Gasteiger partial charge in [-0.2, -0.15) is 5.10 Å². The minimum atomic E-state index is 0.310. The van der Waals surface area contributed by atoms with Gasteiger partial charge in [0.25, 0.3) is 0 Å². The lowest BCUT2D eigenvalue weighted by molar-refractivity contribution is 0.473. The molecule has 0 aliphatic rings. The molecule has 0 fully saturated rings. The third kappa shape index (κ3) is 1.50. The molecule has 0 unspecified atom stereocenters. The molecule has 0 aliphatic carbocycles. The van der Waals surface area contributed by atoms with E-state index in [2.05, 4.69) is 10.2 Å². The molecule has 4 nitrogen and oxygen atoms in total. The molecule has 0 amide bonds. The number of anilines is 1. The van der Waals surface area contributed by atoms with E-state index in [1.165, 1.54) is 0 Å². The van der Waals surface area contributed by atoms with Crippen molar-refractivity contribution >= 4 is 16.7 Å². The van der Waals surface area contributed by atoms with Crippen molar-refractivity contribution in [2.45, 2.75) is 6.92 Å². The van der Waals surface area contributed by atoms with E-state index in [0.29, 0.717) is 11.6 Å². The van der Waals surface area contributed by atoms with Crippen molar-refractivity contribution in [1.82, 2.24) is 10.2 Å². The standard InChI is InChI=1S/C14H13N3O/c1-8-3-2-4-10(13(8)18)9-5-6-11-12(7-9)16-17-14(11)15/h2-7,18H,1H3,(H3,15,16,17). The van der Waals surface area contributed by atoms with Crippen LogP contribution in [-0.2, 0) is 0 Å². The van der Waals surface area contributed by atoms with Gasteiger partial charge in [-0.1, -0.05) is 24.3 Å². The molecule has 4 N–H and O–H groups in total. The topological polar surface area (TPSA) is 74.9 Å². The number of hydrogen-bond donors (Lipinski definition) is 3. The molecule has 0 saturated heterocycles. The minimum absolute atomic E-state index is 0.310. The van der Waals surface area contributed by atoms with Crippen LogP contribution < -0.4 is 5.73 Å². The van der Waals surface area contributed by atoms with Gasteiger partial charge in [0.05, 0.1) is 5.52 Å². The highest BCUT2D eigenvalue weighted by atomic mass is 16.3. The van der Waals surface area contributed by atoms with Crippen LogP contribution in [0.5, 0.6) is 5.75 Å². The van der Waals surface area contributed by atoms with Crippen molar-refractivity contribution < 1.29 is 5.11 Å². The number of nitrogens with one attached hydrogen (secondary N) is 1. The molecular weight excluding hydrogens is 226 g/mol. The molecule has 0 saturated carbocycles. The number of fused-ring (bicyclic) bond motifs is 1. The molecule has 0 radical (unpaired) electrons. The Morgan fingerprint density at radius 1 is 1.22 bits per heavy atom. The Morgan fingerprint density at radius 3 is 2.89 bits per heavy atom. The monoisotopic (exact) mass is 239 g/mol. The summed E-state index contributed by atoms with van der Waals surface area (Å²) in [4.78, 5) is 0. The summed E-state index contributed by atoms with van der Waals surface area (Å²) in [6, 6.07) is 11.5. The minimum Gasteiger partial charge on any atom is -0.507 e. The number of aromatic amines is 1. The number of phenolic OH excluding ortho intramolecular Hbond substituents is 1. The second-order valence-electron chi connectivity index (χ2n) is 4.34. The third-order valence-corrected chi connectivity index (χ3v) is 3.14. The number of nitrogens with zero attached hydrogens (tertiary/aromatic N) is 1. The van der Waals surface area contributed by atoms with Crippen LogP contribution in [0.15, 0.2) is 36.4 Å². The summed E-state index contributed by atoms with van der Waals surface area (Å²) in [5, 5.41) is 17.8. The highest BCUT2D eigenvalue weighted by molar-refractivity contribution is 5.92. The first-order valence-corrected chi connectivity index (χ1v) is 5.69. The van der Waals surface area contributed by atoms with Crippen LogP contribution in [-0.4, -0.2) is 15.3 Å². The largest absolute Gasteiger partial charge is 0.507 e. The number of aromatic hydroxyl groups is 1. The first kappa shape index (κ1) is 10.7. The van der Waals surface area contributed by atoms with Crippen LogP contribution in [0.4, 0.5) is 5.82 Å². The molecule has 3 aromatic rings. The van der Waals surface area contributed by atoms with E-state index in [4.69, 9.17) is 5.73 Å². The van der Waals surface area contributed by atoms with E-state index >= 15 is 0 Å². The van der Waals surface area contributed by atoms with Crippen LogP contribution in [0.1, 0.15) is 5.56 Å². The van der Waals surface area contributed by atoms with Crippen LogP contribution in [0, 0.1) is 6.92 Å². The van der Waals surface area contributed by atoms with Crippen molar-refractivity contribution in [3.05, 3.63) is 42.0 Å². The Balaban J connectivity index is 2.22. The highest BCUT2D eigenvalue weighted by Gasteiger charge is 2.08. The van der Waals surface area contributed by atoms with Gasteiger partial charge in [0.2, 0.25) is 0 Å². The van der Waals surface area contributed by atoms with Crippen LogP contribution in [0.3, 0.4) is 0 Å². The Hall–Kier alpha value is -2.49. The van der Waals surface area contributed by atoms with Crippen molar-refractivity contribution in [3.8, 4) is 16.9 Å². The van der Waals surface area contributed by atoms with Gasteiger partial charge in [-0.05, 0) is 30.2 Å². The Bertz CT molecular complexity index is 731. The number of H-pyrrole nitrogens is 1. The first-order chi connectivity index (χ1) is 8.66. The van der Waals surface area contributed by atoms with Gasteiger partial charge in [-0.3, -0.25) is 5.10 Å². The average molecular weight is 239 g/mol. The molecular formula is C14H13N3O. The summed E-state index contributed by atoms with van der Waals surface area (Å²) in [6.07, 6.45) is 0. The summed E-state index contributed by atoms with van der Waals surface area (Å²) in [5.74, 6) is 0.800. The number of nitrogen functional groups attached to an aromatic ring is 1. The summed E-state index contributed by atoms with van der Waals surface area (Å²) < 4.78 is 0. The molecule has 0 atom stereocenters. The zero-order valence-corrected chi connectivity index (χ0v) is 9.94. The van der Waals surface area contributed by atoms with E-state index in [1.807, 2.05) is 43.3 Å². The van der Waals surface area contributed by atoms with Crippen molar-refractivity contribution in [3.63, 3.8) is 0 Å². The van der Waals surface area contributed by atoms with E-state index in [9.17, 15) is 5.11 Å². The number of aromatic nitrogens is 2. The quantitative estimate of drug-likeness (QED) is 0.611. The second kappa shape index (κ2) is 3.77. The Kier molecular flexibility index (Phi) is 2.23. The fourth-order valence-corrected chi connectivity index (χ4v) is 2.10. The predicted octanol–water partition coefficient (Wildman–Crippen LogP) is 2.83. The fourth-order valence-electron chi connectivity index (χ4n) is 2.10.